The summed E-state index contributed by atoms with van der Waals surface area (Å²) in [7, 11) is 1.48. The van der Waals surface area contributed by atoms with Crippen LogP contribution in [0.2, 0.25) is 0 Å². The number of rotatable bonds is 6. The number of aromatic hydroxyl groups is 1. The first-order chi connectivity index (χ1) is 14.0. The Kier molecular flexibility index (Phi) is 4.80. The summed E-state index contributed by atoms with van der Waals surface area (Å²) in [6.45, 7) is 0. The number of hydrogen-bond acceptors (Lipinski definition) is 5. The largest absolute Gasteiger partial charge is 0.504 e. The molecule has 1 fully saturated rings. The van der Waals surface area contributed by atoms with Gasteiger partial charge in [0.25, 0.3) is 0 Å². The summed E-state index contributed by atoms with van der Waals surface area (Å²) in [4.78, 5) is 17.2. The molecule has 0 bridgehead atoms. The minimum Gasteiger partial charge on any atom is -0.504 e. The van der Waals surface area contributed by atoms with Crippen LogP contribution >= 0.6 is 0 Å². The van der Waals surface area contributed by atoms with Crippen molar-refractivity contribution < 1.29 is 19.0 Å². The van der Waals surface area contributed by atoms with Gasteiger partial charge >= 0.3 is 0 Å². The van der Waals surface area contributed by atoms with Gasteiger partial charge in [-0.15, -0.1) is 0 Å². The molecule has 1 heterocycles. The molecule has 4 rings (SSSR count). The molecular formula is C22H20FN3O3. The summed E-state index contributed by atoms with van der Waals surface area (Å²) in [5, 5.41) is 15.9. The number of ether oxygens (including phenoxy) is 1. The van der Waals surface area contributed by atoms with Crippen molar-refractivity contribution in [3.63, 3.8) is 0 Å². The minimum atomic E-state index is -0.645. The highest BCUT2D eigenvalue weighted by Crippen LogP contribution is 2.49. The Morgan fingerprint density at radius 2 is 1.97 bits per heavy atom. The van der Waals surface area contributed by atoms with Gasteiger partial charge in [0.15, 0.2) is 11.5 Å². The Labute approximate surface area is 167 Å². The van der Waals surface area contributed by atoms with Crippen LogP contribution in [0.5, 0.6) is 11.5 Å². The van der Waals surface area contributed by atoms with Gasteiger partial charge in [0, 0.05) is 23.6 Å². The highest BCUT2D eigenvalue weighted by Gasteiger charge is 2.51. The second kappa shape index (κ2) is 7.43. The van der Waals surface area contributed by atoms with Crippen molar-refractivity contribution in [2.24, 2.45) is 0 Å². The molecule has 3 N–H and O–H groups in total. The molecule has 1 amide bonds. The van der Waals surface area contributed by atoms with Gasteiger partial charge in [-0.25, -0.2) is 9.37 Å². The molecule has 3 aromatic rings. The molecule has 1 saturated carbocycles. The molecule has 0 atom stereocenters. The fourth-order valence-electron chi connectivity index (χ4n) is 3.30. The van der Waals surface area contributed by atoms with E-state index in [-0.39, 0.29) is 11.7 Å². The van der Waals surface area contributed by atoms with Gasteiger partial charge in [-0.05, 0) is 60.9 Å². The average Bonchev–Trinajstić information content (AvgIpc) is 3.51. The lowest BCUT2D eigenvalue weighted by atomic mass is 9.95. The highest BCUT2D eigenvalue weighted by molar-refractivity contribution is 6.01. The Bertz CT molecular complexity index is 1070. The molecule has 2 aromatic carbocycles. The van der Waals surface area contributed by atoms with Crippen LogP contribution in [0.25, 0.3) is 0 Å². The third-order valence-electron chi connectivity index (χ3n) is 5.03. The van der Waals surface area contributed by atoms with Crippen molar-refractivity contribution in [3.8, 4) is 11.5 Å². The lowest BCUT2D eigenvalue weighted by Crippen LogP contribution is -2.28. The van der Waals surface area contributed by atoms with E-state index < -0.39 is 11.2 Å². The number of phenolic OH excluding ortho intramolecular Hbond substituents is 1. The maximum absolute atomic E-state index is 13.4. The molecule has 0 unspecified atom stereocenters. The zero-order valence-corrected chi connectivity index (χ0v) is 15.8. The van der Waals surface area contributed by atoms with Crippen LogP contribution < -0.4 is 15.4 Å². The summed E-state index contributed by atoms with van der Waals surface area (Å²) in [5.74, 6) is 0.384. The molecule has 0 saturated heterocycles. The second-order valence-corrected chi connectivity index (χ2v) is 6.99. The Balaban J connectivity index is 1.53. The number of hydrogen-bond donors (Lipinski definition) is 3. The van der Waals surface area contributed by atoms with Crippen molar-refractivity contribution in [2.45, 2.75) is 18.3 Å². The quantitative estimate of drug-likeness (QED) is 0.580. The van der Waals surface area contributed by atoms with Crippen molar-refractivity contribution in [1.82, 2.24) is 4.98 Å². The molecular weight excluding hydrogens is 373 g/mol. The van der Waals surface area contributed by atoms with Gasteiger partial charge in [0.05, 0.1) is 12.5 Å². The molecule has 0 radical (unpaired) electrons. The SMILES string of the molecule is COc1ccc(Nc2cc(C3(C(=O)Nc4cccc(F)c4)CC3)ccn2)cc1O. The number of benzene rings is 2. The number of aromatic nitrogens is 1. The Morgan fingerprint density at radius 3 is 2.66 bits per heavy atom. The summed E-state index contributed by atoms with van der Waals surface area (Å²) in [5.41, 5.74) is 1.26. The Hall–Kier alpha value is -3.61. The van der Waals surface area contributed by atoms with Crippen molar-refractivity contribution >= 4 is 23.1 Å². The fourth-order valence-corrected chi connectivity index (χ4v) is 3.30. The van der Waals surface area contributed by atoms with Crippen LogP contribution in [0.3, 0.4) is 0 Å². The van der Waals surface area contributed by atoms with Gasteiger partial charge in [-0.1, -0.05) is 6.07 Å². The Morgan fingerprint density at radius 1 is 1.14 bits per heavy atom. The third kappa shape index (κ3) is 3.85. The van der Waals surface area contributed by atoms with E-state index in [1.807, 2.05) is 12.1 Å². The monoisotopic (exact) mass is 393 g/mol. The maximum Gasteiger partial charge on any atom is 0.235 e. The molecule has 0 spiro atoms. The summed E-state index contributed by atoms with van der Waals surface area (Å²) in [6, 6.07) is 14.4. The lowest BCUT2D eigenvalue weighted by Gasteiger charge is -2.17. The zero-order valence-electron chi connectivity index (χ0n) is 15.8. The van der Waals surface area contributed by atoms with Crippen LogP contribution in [-0.2, 0) is 10.2 Å². The van der Waals surface area contributed by atoms with E-state index in [9.17, 15) is 14.3 Å². The van der Waals surface area contributed by atoms with Crippen molar-refractivity contribution in [2.75, 3.05) is 17.7 Å². The van der Waals surface area contributed by atoms with Gasteiger partial charge in [0.2, 0.25) is 5.91 Å². The van der Waals surface area contributed by atoms with E-state index in [2.05, 4.69) is 15.6 Å². The first kappa shape index (κ1) is 18.7. The third-order valence-corrected chi connectivity index (χ3v) is 5.03. The minimum absolute atomic E-state index is 0.0155. The number of phenols is 1. The number of halogens is 1. The molecule has 7 heteroatoms. The van der Waals surface area contributed by atoms with E-state index in [0.29, 0.717) is 35.8 Å². The van der Waals surface area contributed by atoms with E-state index in [0.717, 1.165) is 5.56 Å². The zero-order chi connectivity index (χ0) is 20.4. The average molecular weight is 393 g/mol. The maximum atomic E-state index is 13.4. The highest BCUT2D eigenvalue weighted by atomic mass is 19.1. The van der Waals surface area contributed by atoms with E-state index in [1.54, 1.807) is 30.5 Å². The summed E-state index contributed by atoms with van der Waals surface area (Å²) < 4.78 is 18.4. The number of carbonyl (C=O) groups is 1. The van der Waals surface area contributed by atoms with E-state index in [4.69, 9.17) is 4.74 Å². The molecule has 1 aromatic heterocycles. The first-order valence-electron chi connectivity index (χ1n) is 9.18. The van der Waals surface area contributed by atoms with Crippen LogP contribution in [0.1, 0.15) is 18.4 Å². The summed E-state index contributed by atoms with van der Waals surface area (Å²) in [6.07, 6.45) is 3.05. The van der Waals surface area contributed by atoms with Gasteiger partial charge in [-0.3, -0.25) is 4.79 Å². The van der Waals surface area contributed by atoms with Gasteiger partial charge < -0.3 is 20.5 Å². The van der Waals surface area contributed by atoms with Crippen LogP contribution in [-0.4, -0.2) is 23.1 Å². The number of anilines is 3. The van der Waals surface area contributed by atoms with Gasteiger partial charge in [0.1, 0.15) is 11.6 Å². The second-order valence-electron chi connectivity index (χ2n) is 6.99. The number of methoxy groups -OCH3 is 1. The summed E-state index contributed by atoms with van der Waals surface area (Å²) >= 11 is 0. The lowest BCUT2D eigenvalue weighted by molar-refractivity contribution is -0.118. The van der Waals surface area contributed by atoms with Crippen LogP contribution in [0.15, 0.2) is 60.8 Å². The predicted molar refractivity (Wildman–Crippen MR) is 108 cm³/mol. The number of nitrogens with one attached hydrogen (secondary N) is 2. The number of amides is 1. The fraction of sp³-hybridized carbons (Fsp3) is 0.182. The van der Waals surface area contributed by atoms with E-state index in [1.165, 1.54) is 25.3 Å². The first-order valence-corrected chi connectivity index (χ1v) is 9.18. The van der Waals surface area contributed by atoms with E-state index >= 15 is 0 Å². The number of pyridine rings is 1. The van der Waals surface area contributed by atoms with Gasteiger partial charge in [-0.2, -0.15) is 0 Å². The normalized spacial score (nSPS) is 14.1. The van der Waals surface area contributed by atoms with Crippen molar-refractivity contribution in [3.05, 3.63) is 72.2 Å². The van der Waals surface area contributed by atoms with Crippen molar-refractivity contribution in [1.29, 1.82) is 0 Å². The number of nitrogens with zero attached hydrogens (tertiary/aromatic N) is 1. The molecule has 0 aliphatic heterocycles. The molecule has 6 nitrogen and oxygen atoms in total. The standard InChI is InChI=1S/C22H20FN3O3/c1-29-19-6-5-17(13-18(19)27)25-20-11-14(7-10-24-20)22(8-9-22)21(28)26-16-4-2-3-15(23)12-16/h2-7,10-13,27H,8-9H2,1H3,(H,24,25)(H,26,28). The smallest absolute Gasteiger partial charge is 0.235 e. The van der Waals surface area contributed by atoms with Crippen LogP contribution in [0, 0.1) is 5.82 Å². The molecule has 148 valence electrons. The van der Waals surface area contributed by atoms with Crippen LogP contribution in [0.4, 0.5) is 21.6 Å². The molecule has 1 aliphatic carbocycles. The predicted octanol–water partition coefficient (Wildman–Crippen LogP) is 4.35. The molecule has 29 heavy (non-hydrogen) atoms. The molecule has 1 aliphatic rings. The number of carbonyl (C=O) groups excluding carboxylic acids is 1. The topological polar surface area (TPSA) is 83.5 Å².